The van der Waals surface area contributed by atoms with E-state index in [9.17, 15) is 51.1 Å². The summed E-state index contributed by atoms with van der Waals surface area (Å²) >= 11 is 0. The molecule has 63 heavy (non-hydrogen) atoms. The molecule has 0 aromatic carbocycles. The van der Waals surface area contributed by atoms with E-state index < -0.39 is 70.9 Å². The average molecular weight is 901 g/mol. The van der Waals surface area contributed by atoms with E-state index in [0.717, 1.165) is 44.1 Å². The van der Waals surface area contributed by atoms with Gasteiger partial charge in [0.2, 0.25) is 0 Å². The van der Waals surface area contributed by atoms with Crippen LogP contribution in [0.15, 0.2) is 34.9 Å². The molecule has 1 aliphatic heterocycles. The number of aliphatic hydroxyl groups excluding tert-OH is 4. The Kier molecular flexibility index (Phi) is 26.7. The van der Waals surface area contributed by atoms with Crippen LogP contribution < -0.4 is 0 Å². The quantitative estimate of drug-likeness (QED) is 0.0280. The zero-order valence-corrected chi connectivity index (χ0v) is 41.4. The maximum absolute atomic E-state index is 11.1. The molecule has 0 spiro atoms. The van der Waals surface area contributed by atoms with Crippen LogP contribution in [0.3, 0.4) is 0 Å². The minimum Gasteiger partial charge on any atom is -0.394 e. The summed E-state index contributed by atoms with van der Waals surface area (Å²) in [5.74, 6) is 0. The van der Waals surface area contributed by atoms with Crippen molar-refractivity contribution in [3.63, 3.8) is 0 Å². The van der Waals surface area contributed by atoms with Gasteiger partial charge in [-0.25, -0.2) is 0 Å². The van der Waals surface area contributed by atoms with Crippen LogP contribution in [0.25, 0.3) is 0 Å². The van der Waals surface area contributed by atoms with E-state index in [0.29, 0.717) is 103 Å². The second-order valence-corrected chi connectivity index (χ2v) is 21.6. The lowest BCUT2D eigenvalue weighted by atomic mass is 9.83. The van der Waals surface area contributed by atoms with Crippen LogP contribution >= 0.6 is 0 Å². The topological polar surface area (TPSA) is 221 Å². The normalized spacial score (nSPS) is 25.9. The maximum atomic E-state index is 11.1. The van der Waals surface area contributed by atoms with Crippen LogP contribution in [0.4, 0.5) is 0 Å². The van der Waals surface area contributed by atoms with Gasteiger partial charge in [0.15, 0.2) is 6.29 Å². The maximum Gasteiger partial charge on any atom is 0.187 e. The van der Waals surface area contributed by atoms with Gasteiger partial charge in [0, 0.05) is 0 Å². The van der Waals surface area contributed by atoms with Crippen LogP contribution in [-0.4, -0.2) is 129 Å². The van der Waals surface area contributed by atoms with Gasteiger partial charge in [0.25, 0.3) is 0 Å². The van der Waals surface area contributed by atoms with Crippen molar-refractivity contribution in [1.29, 1.82) is 0 Å². The molecule has 10 N–H and O–H groups in total. The van der Waals surface area contributed by atoms with E-state index in [-0.39, 0.29) is 6.61 Å². The molecule has 0 radical (unpaired) electrons. The van der Waals surface area contributed by atoms with Crippen molar-refractivity contribution in [1.82, 2.24) is 0 Å². The molecule has 372 valence electrons. The highest BCUT2D eigenvalue weighted by molar-refractivity contribution is 5.04. The molecule has 0 aliphatic carbocycles. The summed E-state index contributed by atoms with van der Waals surface area (Å²) in [4.78, 5) is 0. The fraction of sp³-hybridized carbons (Fsp3) is 0.882. The highest BCUT2D eigenvalue weighted by Crippen LogP contribution is 2.32. The van der Waals surface area contributed by atoms with Gasteiger partial charge in [-0.2, -0.15) is 0 Å². The fourth-order valence-corrected chi connectivity index (χ4v) is 8.66. The minimum absolute atomic E-state index is 0.150. The zero-order valence-electron chi connectivity index (χ0n) is 41.4. The van der Waals surface area contributed by atoms with Gasteiger partial charge < -0.3 is 60.5 Å². The number of hydrogen-bond acceptors (Lipinski definition) is 12. The molecule has 1 rings (SSSR count). The van der Waals surface area contributed by atoms with Gasteiger partial charge in [0.05, 0.1) is 46.8 Å². The summed E-state index contributed by atoms with van der Waals surface area (Å²) in [6, 6.07) is 0. The number of hydrogen-bond donors (Lipinski definition) is 10. The summed E-state index contributed by atoms with van der Waals surface area (Å²) in [6.07, 6.45) is 14.6. The molecule has 11 atom stereocenters. The molecule has 0 saturated carbocycles. The molecule has 1 saturated heterocycles. The van der Waals surface area contributed by atoms with Crippen LogP contribution in [0.1, 0.15) is 210 Å². The van der Waals surface area contributed by atoms with Gasteiger partial charge in [0.1, 0.15) is 24.4 Å². The van der Waals surface area contributed by atoms with E-state index in [1.165, 1.54) is 11.1 Å². The Morgan fingerprint density at radius 2 is 0.825 bits per heavy atom. The van der Waals surface area contributed by atoms with Crippen LogP contribution in [-0.2, 0) is 9.47 Å². The number of allylic oxidation sites excluding steroid dienone is 5. The second-order valence-electron chi connectivity index (χ2n) is 21.6. The highest BCUT2D eigenvalue weighted by Gasteiger charge is 2.44. The first kappa shape index (κ1) is 59.8. The average Bonchev–Trinajstić information content (AvgIpc) is 3.13. The molecule has 11 unspecified atom stereocenters. The molecule has 1 aliphatic rings. The molecule has 12 heteroatoms. The van der Waals surface area contributed by atoms with E-state index in [2.05, 4.69) is 32.9 Å². The highest BCUT2D eigenvalue weighted by atomic mass is 16.7. The van der Waals surface area contributed by atoms with E-state index in [1.54, 1.807) is 0 Å². The fourth-order valence-electron chi connectivity index (χ4n) is 8.66. The number of ether oxygens (including phenoxy) is 2. The minimum atomic E-state index is -1.47. The Hall–Kier alpha value is -1.26. The third kappa shape index (κ3) is 27.9. The Labute approximate surface area is 382 Å². The second kappa shape index (κ2) is 28.2. The first-order chi connectivity index (χ1) is 29.0. The summed E-state index contributed by atoms with van der Waals surface area (Å²) in [5.41, 5.74) is -1.50. The summed E-state index contributed by atoms with van der Waals surface area (Å²) in [5, 5.41) is 105. The lowest BCUT2D eigenvalue weighted by molar-refractivity contribution is -0.298. The standard InChI is InChI=1S/C51H96O12/c1-38(2)19-12-24-46(5,56)26-14-28-48(7,58)30-16-32-50(9,60)34-18-35-51(10,61)33-17-31-49(8,59)29-15-27-47(6,57)25-13-22-39(3)20-11-21-40(4)23-36-62-45-44(55)43(54)42(53)41(37-52)63-45/h19-20,23,41-45,52-61H,11-18,21-22,24-37H2,1-10H3. The molecule has 0 bridgehead atoms. The smallest absolute Gasteiger partial charge is 0.187 e. The van der Waals surface area contributed by atoms with Gasteiger partial charge >= 0.3 is 0 Å². The Morgan fingerprint density at radius 1 is 0.460 bits per heavy atom. The van der Waals surface area contributed by atoms with Crippen molar-refractivity contribution in [2.45, 2.75) is 275 Å². The predicted octanol–water partition coefficient (Wildman–Crippen LogP) is 7.75. The van der Waals surface area contributed by atoms with Crippen molar-refractivity contribution in [3.8, 4) is 0 Å². The first-order valence-electron chi connectivity index (χ1n) is 24.2. The van der Waals surface area contributed by atoms with Gasteiger partial charge in [-0.1, -0.05) is 34.9 Å². The largest absolute Gasteiger partial charge is 0.394 e. The van der Waals surface area contributed by atoms with E-state index in [1.807, 2.05) is 54.5 Å². The van der Waals surface area contributed by atoms with Crippen LogP contribution in [0, 0.1) is 0 Å². The summed E-state index contributed by atoms with van der Waals surface area (Å²) in [6.45, 7) is 18.9. The SMILES string of the molecule is CC(C)=CCCC(C)(O)CCCC(C)(O)CCCC(C)(O)CCCC(C)(O)CCCC(C)(O)CCCC(C)(O)CCCC(C)=CCCC(C)=CCOC1OC(CO)C(O)C(O)C1O. The Morgan fingerprint density at radius 3 is 1.21 bits per heavy atom. The van der Waals surface area contributed by atoms with Crippen molar-refractivity contribution >= 4 is 0 Å². The molecular weight excluding hydrogens is 805 g/mol. The molecular formula is C51H96O12. The number of aliphatic hydroxyl groups is 10. The van der Waals surface area contributed by atoms with E-state index >= 15 is 0 Å². The first-order valence-corrected chi connectivity index (χ1v) is 24.2. The third-order valence-corrected chi connectivity index (χ3v) is 13.2. The van der Waals surface area contributed by atoms with Crippen molar-refractivity contribution in [2.24, 2.45) is 0 Å². The summed E-state index contributed by atoms with van der Waals surface area (Å²) in [7, 11) is 0. The van der Waals surface area contributed by atoms with E-state index in [4.69, 9.17) is 9.47 Å². The van der Waals surface area contributed by atoms with Crippen molar-refractivity contribution < 1.29 is 60.5 Å². The van der Waals surface area contributed by atoms with Crippen molar-refractivity contribution in [3.05, 3.63) is 34.9 Å². The Bertz CT molecular complexity index is 1340. The summed E-state index contributed by atoms with van der Waals surface area (Å²) < 4.78 is 10.9. The number of rotatable bonds is 34. The van der Waals surface area contributed by atoms with Crippen LogP contribution in [0.5, 0.6) is 0 Å². The lowest BCUT2D eigenvalue weighted by Gasteiger charge is -2.39. The van der Waals surface area contributed by atoms with Gasteiger partial charge in [-0.3, -0.25) is 0 Å². The molecule has 1 heterocycles. The zero-order chi connectivity index (χ0) is 48.1. The monoisotopic (exact) mass is 901 g/mol. The van der Waals surface area contributed by atoms with Gasteiger partial charge in [-0.15, -0.1) is 0 Å². The molecule has 0 aromatic rings. The molecule has 0 aromatic heterocycles. The Balaban J connectivity index is 2.29. The van der Waals surface area contributed by atoms with Crippen molar-refractivity contribution in [2.75, 3.05) is 13.2 Å². The predicted molar refractivity (Wildman–Crippen MR) is 252 cm³/mol. The molecule has 1 fully saturated rings. The molecule has 0 amide bonds. The van der Waals surface area contributed by atoms with Crippen LogP contribution in [0.2, 0.25) is 0 Å². The third-order valence-electron chi connectivity index (χ3n) is 13.2. The lowest BCUT2D eigenvalue weighted by Crippen LogP contribution is -2.59. The van der Waals surface area contributed by atoms with Gasteiger partial charge in [-0.05, 0) is 210 Å². The molecule has 12 nitrogen and oxygen atoms in total.